The molecule has 0 aromatic heterocycles. The highest BCUT2D eigenvalue weighted by atomic mass is 16.5. The Morgan fingerprint density at radius 2 is 1.95 bits per heavy atom. The van der Waals surface area contributed by atoms with Gasteiger partial charge in [0.2, 0.25) is 0 Å². The third kappa shape index (κ3) is 2.53. The molecule has 1 aromatic rings. The van der Waals surface area contributed by atoms with Crippen LogP contribution < -0.4 is 10.6 Å². The number of benzene rings is 1. The Balaban J connectivity index is 2.41. The van der Waals surface area contributed by atoms with Gasteiger partial charge in [-0.1, -0.05) is 6.07 Å². The summed E-state index contributed by atoms with van der Waals surface area (Å²) >= 11 is 0. The lowest BCUT2D eigenvalue weighted by molar-refractivity contribution is 0.0602. The van der Waals surface area contributed by atoms with Crippen LogP contribution in [-0.2, 0) is 4.74 Å². The Labute approximate surface area is 114 Å². The fourth-order valence-corrected chi connectivity index (χ4v) is 2.96. The predicted octanol–water partition coefficient (Wildman–Crippen LogP) is 2.82. The van der Waals surface area contributed by atoms with Gasteiger partial charge in [-0.15, -0.1) is 0 Å². The summed E-state index contributed by atoms with van der Waals surface area (Å²) in [6.45, 7) is 4.42. The number of hydrogen-bond acceptors (Lipinski definition) is 4. The topological polar surface area (TPSA) is 55.6 Å². The van der Waals surface area contributed by atoms with Crippen LogP contribution in [0.4, 0.5) is 11.4 Å². The molecular formula is C15H22N2O2. The lowest BCUT2D eigenvalue weighted by atomic mass is 9.95. The minimum Gasteiger partial charge on any atom is -0.465 e. The van der Waals surface area contributed by atoms with E-state index >= 15 is 0 Å². The third-order valence-electron chi connectivity index (χ3n) is 3.96. The van der Waals surface area contributed by atoms with Crippen molar-refractivity contribution in [2.45, 2.75) is 45.2 Å². The van der Waals surface area contributed by atoms with Gasteiger partial charge >= 0.3 is 5.97 Å². The Kier molecular flexibility index (Phi) is 3.98. The van der Waals surface area contributed by atoms with E-state index in [1.165, 1.54) is 13.5 Å². The van der Waals surface area contributed by atoms with Gasteiger partial charge in [0.05, 0.1) is 24.0 Å². The van der Waals surface area contributed by atoms with Crippen molar-refractivity contribution in [3.8, 4) is 0 Å². The normalized spacial score (nSPS) is 23.2. The van der Waals surface area contributed by atoms with Crippen LogP contribution in [0.3, 0.4) is 0 Å². The molecule has 2 atom stereocenters. The summed E-state index contributed by atoms with van der Waals surface area (Å²) in [7, 11) is 1.38. The number of rotatable bonds is 2. The highest BCUT2D eigenvalue weighted by Crippen LogP contribution is 2.34. The third-order valence-corrected chi connectivity index (χ3v) is 3.96. The van der Waals surface area contributed by atoms with Crippen molar-refractivity contribution >= 4 is 17.3 Å². The molecule has 0 bridgehead atoms. The summed E-state index contributed by atoms with van der Waals surface area (Å²) in [5.74, 6) is -0.378. The second-order valence-corrected chi connectivity index (χ2v) is 5.27. The molecule has 2 rings (SSSR count). The first-order valence-corrected chi connectivity index (χ1v) is 6.81. The van der Waals surface area contributed by atoms with Crippen LogP contribution in [-0.4, -0.2) is 25.2 Å². The van der Waals surface area contributed by atoms with E-state index in [1.54, 1.807) is 6.07 Å². The van der Waals surface area contributed by atoms with E-state index in [-0.39, 0.29) is 5.97 Å². The van der Waals surface area contributed by atoms with Crippen molar-refractivity contribution in [3.05, 3.63) is 23.8 Å². The number of hydrogen-bond donors (Lipinski definition) is 1. The lowest BCUT2D eigenvalue weighted by Crippen LogP contribution is -2.44. The number of ether oxygens (including phenoxy) is 1. The SMILES string of the molecule is COC(=O)c1cccc(N2[C@H](C)CCC[C@@H]2C)c1N. The molecule has 0 radical (unpaired) electrons. The zero-order chi connectivity index (χ0) is 14.0. The van der Waals surface area contributed by atoms with Gasteiger partial charge in [0.15, 0.2) is 0 Å². The van der Waals surface area contributed by atoms with Crippen molar-refractivity contribution in [1.29, 1.82) is 0 Å². The zero-order valence-corrected chi connectivity index (χ0v) is 11.8. The number of anilines is 2. The fraction of sp³-hybridized carbons (Fsp3) is 0.533. The van der Waals surface area contributed by atoms with Crippen LogP contribution in [0.15, 0.2) is 18.2 Å². The molecule has 0 aliphatic carbocycles. The van der Waals surface area contributed by atoms with Crippen molar-refractivity contribution in [2.24, 2.45) is 0 Å². The minimum atomic E-state index is -0.378. The summed E-state index contributed by atoms with van der Waals surface area (Å²) in [4.78, 5) is 14.0. The molecule has 4 nitrogen and oxygen atoms in total. The van der Waals surface area contributed by atoms with E-state index in [1.807, 2.05) is 12.1 Å². The maximum atomic E-state index is 11.7. The largest absolute Gasteiger partial charge is 0.465 e. The molecular weight excluding hydrogens is 240 g/mol. The number of nitrogens with zero attached hydrogens (tertiary/aromatic N) is 1. The summed E-state index contributed by atoms with van der Waals surface area (Å²) in [6.07, 6.45) is 3.56. The standard InChI is InChI=1S/C15H22N2O2/c1-10-6-4-7-11(2)17(10)13-9-5-8-12(14(13)16)15(18)19-3/h5,8-11H,4,6-7,16H2,1-3H3/t10-,11+. The number of nitrogens with two attached hydrogens (primary N) is 1. The van der Waals surface area contributed by atoms with E-state index in [9.17, 15) is 4.79 Å². The highest BCUT2D eigenvalue weighted by Gasteiger charge is 2.27. The van der Waals surface area contributed by atoms with Crippen LogP contribution >= 0.6 is 0 Å². The summed E-state index contributed by atoms with van der Waals surface area (Å²) < 4.78 is 4.78. The van der Waals surface area contributed by atoms with Gasteiger partial charge in [0, 0.05) is 12.1 Å². The molecule has 0 amide bonds. The second kappa shape index (κ2) is 5.51. The Hall–Kier alpha value is -1.71. The van der Waals surface area contributed by atoms with E-state index < -0.39 is 0 Å². The van der Waals surface area contributed by atoms with Crippen LogP contribution in [0.25, 0.3) is 0 Å². The first-order valence-electron chi connectivity index (χ1n) is 6.81. The number of nitrogen functional groups attached to an aromatic ring is 1. The monoisotopic (exact) mass is 262 g/mol. The fourth-order valence-electron chi connectivity index (χ4n) is 2.96. The quantitative estimate of drug-likeness (QED) is 0.657. The van der Waals surface area contributed by atoms with E-state index in [0.29, 0.717) is 23.3 Å². The van der Waals surface area contributed by atoms with Crippen molar-refractivity contribution < 1.29 is 9.53 Å². The van der Waals surface area contributed by atoms with Gasteiger partial charge in [0.25, 0.3) is 0 Å². The summed E-state index contributed by atoms with van der Waals surface area (Å²) in [5.41, 5.74) is 8.09. The van der Waals surface area contributed by atoms with Crippen LogP contribution in [0.2, 0.25) is 0 Å². The Morgan fingerprint density at radius 3 is 2.53 bits per heavy atom. The van der Waals surface area contributed by atoms with Crippen LogP contribution in [0, 0.1) is 0 Å². The maximum Gasteiger partial charge on any atom is 0.340 e. The molecule has 1 saturated heterocycles. The van der Waals surface area contributed by atoms with Gasteiger partial charge in [0.1, 0.15) is 0 Å². The smallest absolute Gasteiger partial charge is 0.340 e. The van der Waals surface area contributed by atoms with Crippen LogP contribution in [0.5, 0.6) is 0 Å². The minimum absolute atomic E-state index is 0.378. The molecule has 0 saturated carbocycles. The van der Waals surface area contributed by atoms with Gasteiger partial charge in [-0.3, -0.25) is 0 Å². The summed E-state index contributed by atoms with van der Waals surface area (Å²) in [6, 6.07) is 6.45. The van der Waals surface area contributed by atoms with Crippen molar-refractivity contribution in [2.75, 3.05) is 17.7 Å². The van der Waals surface area contributed by atoms with Gasteiger partial charge in [-0.05, 0) is 45.2 Å². The average molecular weight is 262 g/mol. The average Bonchev–Trinajstić information content (AvgIpc) is 2.39. The van der Waals surface area contributed by atoms with Crippen molar-refractivity contribution in [1.82, 2.24) is 0 Å². The molecule has 1 heterocycles. The molecule has 0 spiro atoms. The molecule has 104 valence electrons. The Morgan fingerprint density at radius 1 is 1.32 bits per heavy atom. The van der Waals surface area contributed by atoms with E-state index in [0.717, 1.165) is 18.5 Å². The van der Waals surface area contributed by atoms with Gasteiger partial charge < -0.3 is 15.4 Å². The molecule has 1 aliphatic rings. The van der Waals surface area contributed by atoms with Gasteiger partial charge in [-0.25, -0.2) is 4.79 Å². The number of methoxy groups -OCH3 is 1. The number of carbonyl (C=O) groups excluding carboxylic acids is 1. The second-order valence-electron chi connectivity index (χ2n) is 5.27. The molecule has 0 unspecified atom stereocenters. The van der Waals surface area contributed by atoms with Gasteiger partial charge in [-0.2, -0.15) is 0 Å². The Bertz CT molecular complexity index is 463. The number of esters is 1. The first-order chi connectivity index (χ1) is 9.06. The molecule has 1 fully saturated rings. The molecule has 1 aliphatic heterocycles. The zero-order valence-electron chi connectivity index (χ0n) is 11.8. The molecule has 4 heteroatoms. The number of carbonyl (C=O) groups is 1. The summed E-state index contributed by atoms with van der Waals surface area (Å²) in [5, 5.41) is 0. The van der Waals surface area contributed by atoms with Crippen molar-refractivity contribution in [3.63, 3.8) is 0 Å². The first kappa shape index (κ1) is 13.7. The highest BCUT2D eigenvalue weighted by molar-refractivity contribution is 5.98. The molecule has 2 N–H and O–H groups in total. The predicted molar refractivity (Wildman–Crippen MR) is 77.4 cm³/mol. The van der Waals surface area contributed by atoms with Crippen LogP contribution in [0.1, 0.15) is 43.5 Å². The number of para-hydroxylation sites is 1. The van der Waals surface area contributed by atoms with E-state index in [2.05, 4.69) is 18.7 Å². The maximum absolute atomic E-state index is 11.7. The molecule has 1 aromatic carbocycles. The van der Waals surface area contributed by atoms with E-state index in [4.69, 9.17) is 10.5 Å². The lowest BCUT2D eigenvalue weighted by Gasteiger charge is -2.41. The number of piperidine rings is 1. The molecule has 19 heavy (non-hydrogen) atoms.